The number of aliphatic hydroxyl groups is 1. The summed E-state index contributed by atoms with van der Waals surface area (Å²) in [5.41, 5.74) is 3.24. The lowest BCUT2D eigenvalue weighted by Crippen LogP contribution is -2.46. The van der Waals surface area contributed by atoms with E-state index in [1.807, 2.05) is 0 Å². The zero-order valence-electron chi connectivity index (χ0n) is 9.95. The summed E-state index contributed by atoms with van der Waals surface area (Å²) in [6, 6.07) is 8.83. The van der Waals surface area contributed by atoms with Gasteiger partial charge < -0.3 is 5.11 Å². The molecular formula is C15H20O. The maximum Gasteiger partial charge on any atom is 0.0576 e. The highest BCUT2D eigenvalue weighted by Gasteiger charge is 2.45. The van der Waals surface area contributed by atoms with E-state index in [2.05, 4.69) is 31.2 Å². The van der Waals surface area contributed by atoms with Crippen molar-refractivity contribution < 1.29 is 5.11 Å². The molecule has 1 heteroatoms. The molecule has 0 bridgehead atoms. The van der Waals surface area contributed by atoms with Crippen molar-refractivity contribution in [1.29, 1.82) is 0 Å². The standard InChI is InChI=1S/C15H20O/c1-15-10-4-7-14(16)13(15)9-8-11-5-2-3-6-12(11)15/h2-3,5-6,13-14,16H,4,7-10H2,1H3/t13-,14-,15+/m0/s1. The van der Waals surface area contributed by atoms with E-state index in [0.717, 1.165) is 19.3 Å². The molecule has 86 valence electrons. The van der Waals surface area contributed by atoms with Crippen LogP contribution in [0.3, 0.4) is 0 Å². The Kier molecular flexibility index (Phi) is 2.32. The number of benzene rings is 1. The van der Waals surface area contributed by atoms with Crippen molar-refractivity contribution in [3.8, 4) is 0 Å². The third-order valence-electron chi connectivity index (χ3n) is 4.84. The Balaban J connectivity index is 2.09. The molecule has 0 radical (unpaired) electrons. The molecule has 3 rings (SSSR count). The Labute approximate surface area is 97.5 Å². The van der Waals surface area contributed by atoms with E-state index in [1.54, 1.807) is 0 Å². The Morgan fingerprint density at radius 2 is 2.06 bits per heavy atom. The van der Waals surface area contributed by atoms with Crippen LogP contribution in [0.25, 0.3) is 0 Å². The van der Waals surface area contributed by atoms with E-state index in [4.69, 9.17) is 0 Å². The highest BCUT2D eigenvalue weighted by molar-refractivity contribution is 5.38. The maximum absolute atomic E-state index is 10.2. The lowest BCUT2D eigenvalue weighted by Gasteiger charge is -2.48. The van der Waals surface area contributed by atoms with Gasteiger partial charge in [-0.2, -0.15) is 0 Å². The molecule has 0 aliphatic heterocycles. The molecule has 0 unspecified atom stereocenters. The lowest BCUT2D eigenvalue weighted by atomic mass is 9.57. The molecule has 0 spiro atoms. The second-order valence-corrected chi connectivity index (χ2v) is 5.68. The summed E-state index contributed by atoms with van der Waals surface area (Å²) in [6.45, 7) is 2.36. The van der Waals surface area contributed by atoms with E-state index in [9.17, 15) is 5.11 Å². The molecule has 2 aliphatic carbocycles. The van der Waals surface area contributed by atoms with Crippen LogP contribution in [0.5, 0.6) is 0 Å². The van der Waals surface area contributed by atoms with Gasteiger partial charge in [-0.25, -0.2) is 0 Å². The molecule has 16 heavy (non-hydrogen) atoms. The van der Waals surface area contributed by atoms with Gasteiger partial charge in [-0.05, 0) is 54.6 Å². The van der Waals surface area contributed by atoms with Gasteiger partial charge in [-0.1, -0.05) is 31.2 Å². The highest BCUT2D eigenvalue weighted by atomic mass is 16.3. The van der Waals surface area contributed by atoms with Crippen molar-refractivity contribution in [2.75, 3.05) is 0 Å². The van der Waals surface area contributed by atoms with E-state index in [-0.39, 0.29) is 11.5 Å². The minimum atomic E-state index is -0.0768. The zero-order chi connectivity index (χ0) is 11.2. The third kappa shape index (κ3) is 1.34. The number of hydrogen-bond donors (Lipinski definition) is 1. The van der Waals surface area contributed by atoms with Crippen LogP contribution in [-0.2, 0) is 11.8 Å². The van der Waals surface area contributed by atoms with Gasteiger partial charge in [-0.15, -0.1) is 0 Å². The second kappa shape index (κ2) is 3.59. The smallest absolute Gasteiger partial charge is 0.0576 e. The molecule has 1 saturated carbocycles. The topological polar surface area (TPSA) is 20.2 Å². The quantitative estimate of drug-likeness (QED) is 0.706. The molecule has 1 nitrogen and oxygen atoms in total. The molecule has 0 saturated heterocycles. The number of aryl methyl sites for hydroxylation is 1. The molecule has 1 N–H and O–H groups in total. The summed E-state index contributed by atoms with van der Waals surface area (Å²) in [5.74, 6) is 0.483. The van der Waals surface area contributed by atoms with E-state index < -0.39 is 0 Å². The average Bonchev–Trinajstić information content (AvgIpc) is 2.29. The number of rotatable bonds is 0. The minimum absolute atomic E-state index is 0.0768. The van der Waals surface area contributed by atoms with Crippen molar-refractivity contribution in [3.05, 3.63) is 35.4 Å². The van der Waals surface area contributed by atoms with Gasteiger partial charge in [0.15, 0.2) is 0 Å². The number of aliphatic hydroxyl groups excluding tert-OH is 1. The van der Waals surface area contributed by atoms with Crippen molar-refractivity contribution in [2.45, 2.75) is 50.5 Å². The van der Waals surface area contributed by atoms with Crippen LogP contribution in [0, 0.1) is 5.92 Å². The Morgan fingerprint density at radius 3 is 2.94 bits per heavy atom. The van der Waals surface area contributed by atoms with Gasteiger partial charge in [-0.3, -0.25) is 0 Å². The summed E-state index contributed by atoms with van der Waals surface area (Å²) < 4.78 is 0. The van der Waals surface area contributed by atoms with Crippen LogP contribution in [0.15, 0.2) is 24.3 Å². The zero-order valence-corrected chi connectivity index (χ0v) is 9.95. The van der Waals surface area contributed by atoms with Crippen LogP contribution in [0.4, 0.5) is 0 Å². The summed E-state index contributed by atoms with van der Waals surface area (Å²) in [7, 11) is 0. The fraction of sp³-hybridized carbons (Fsp3) is 0.600. The van der Waals surface area contributed by atoms with Gasteiger partial charge in [0.2, 0.25) is 0 Å². The summed E-state index contributed by atoms with van der Waals surface area (Å²) in [4.78, 5) is 0. The van der Waals surface area contributed by atoms with Crippen LogP contribution >= 0.6 is 0 Å². The largest absolute Gasteiger partial charge is 0.393 e. The first-order chi connectivity index (χ1) is 7.72. The van der Waals surface area contributed by atoms with Crippen LogP contribution in [-0.4, -0.2) is 11.2 Å². The normalized spacial score (nSPS) is 37.6. The Morgan fingerprint density at radius 1 is 1.25 bits per heavy atom. The van der Waals surface area contributed by atoms with E-state index in [1.165, 1.54) is 24.0 Å². The molecule has 2 aliphatic rings. The van der Waals surface area contributed by atoms with Crippen molar-refractivity contribution in [2.24, 2.45) is 5.92 Å². The van der Waals surface area contributed by atoms with Gasteiger partial charge in [0.25, 0.3) is 0 Å². The van der Waals surface area contributed by atoms with E-state index >= 15 is 0 Å². The lowest BCUT2D eigenvalue weighted by molar-refractivity contribution is 0.0103. The summed E-state index contributed by atoms with van der Waals surface area (Å²) in [5, 5.41) is 10.2. The summed E-state index contributed by atoms with van der Waals surface area (Å²) in [6.07, 6.45) is 5.64. The van der Waals surface area contributed by atoms with Gasteiger partial charge in [0.05, 0.1) is 6.10 Å². The van der Waals surface area contributed by atoms with Crippen molar-refractivity contribution in [3.63, 3.8) is 0 Å². The van der Waals surface area contributed by atoms with Crippen molar-refractivity contribution in [1.82, 2.24) is 0 Å². The van der Waals surface area contributed by atoms with Gasteiger partial charge in [0, 0.05) is 0 Å². The minimum Gasteiger partial charge on any atom is -0.393 e. The fourth-order valence-electron chi connectivity index (χ4n) is 3.94. The van der Waals surface area contributed by atoms with Gasteiger partial charge >= 0.3 is 0 Å². The molecule has 3 atom stereocenters. The molecule has 0 aromatic heterocycles. The summed E-state index contributed by atoms with van der Waals surface area (Å²) >= 11 is 0. The molecule has 1 fully saturated rings. The first kappa shape index (κ1) is 10.3. The van der Waals surface area contributed by atoms with Crippen LogP contribution in [0.2, 0.25) is 0 Å². The SMILES string of the molecule is C[C@]12CCC[C@H](O)[C@@H]1CCc1ccccc12. The number of hydrogen-bond acceptors (Lipinski definition) is 1. The molecule has 1 aromatic carbocycles. The average molecular weight is 216 g/mol. The number of fused-ring (bicyclic) bond motifs is 3. The molecular weight excluding hydrogens is 196 g/mol. The van der Waals surface area contributed by atoms with Gasteiger partial charge in [0.1, 0.15) is 0 Å². The predicted octanol–water partition coefficient (Wildman–Crippen LogP) is 3.05. The highest BCUT2D eigenvalue weighted by Crippen LogP contribution is 2.49. The van der Waals surface area contributed by atoms with Crippen LogP contribution < -0.4 is 0 Å². The van der Waals surface area contributed by atoms with E-state index in [0.29, 0.717) is 5.92 Å². The monoisotopic (exact) mass is 216 g/mol. The Bertz CT molecular complexity index is 398. The maximum atomic E-state index is 10.2. The van der Waals surface area contributed by atoms with Crippen molar-refractivity contribution >= 4 is 0 Å². The first-order valence-electron chi connectivity index (χ1n) is 6.48. The molecule has 0 amide bonds. The second-order valence-electron chi connectivity index (χ2n) is 5.68. The first-order valence-corrected chi connectivity index (χ1v) is 6.48. The third-order valence-corrected chi connectivity index (χ3v) is 4.84. The van der Waals surface area contributed by atoms with Crippen LogP contribution in [0.1, 0.15) is 43.7 Å². The predicted molar refractivity (Wildman–Crippen MR) is 65.5 cm³/mol. The molecule has 1 aromatic rings. The molecule has 0 heterocycles. The fourth-order valence-corrected chi connectivity index (χ4v) is 3.94. The Hall–Kier alpha value is -0.820.